The van der Waals surface area contributed by atoms with E-state index in [9.17, 15) is 18.8 Å². The number of carbonyl (C=O) groups is 2. The normalized spacial score (nSPS) is 17.8. The number of hydrogen-bond acceptors (Lipinski definition) is 6. The lowest BCUT2D eigenvalue weighted by atomic mass is 10.1. The molecule has 2 aromatic rings. The molecule has 0 spiro atoms. The van der Waals surface area contributed by atoms with Crippen LogP contribution < -0.4 is 16.2 Å². The molecule has 1 atom stereocenters. The van der Waals surface area contributed by atoms with Crippen molar-refractivity contribution in [1.29, 1.82) is 0 Å². The van der Waals surface area contributed by atoms with E-state index in [0.717, 1.165) is 0 Å². The van der Waals surface area contributed by atoms with Crippen LogP contribution in [0.4, 0.5) is 15.9 Å². The smallest absolute Gasteiger partial charge is 0.313 e. The fraction of sp³-hybridized carbons (Fsp3) is 0.176. The highest BCUT2D eigenvalue weighted by molar-refractivity contribution is 5.91. The second-order valence-corrected chi connectivity index (χ2v) is 5.59. The van der Waals surface area contributed by atoms with Crippen molar-refractivity contribution in [1.82, 2.24) is 4.57 Å². The van der Waals surface area contributed by atoms with Gasteiger partial charge in [0, 0.05) is 25.7 Å². The third kappa shape index (κ3) is 2.83. The summed E-state index contributed by atoms with van der Waals surface area (Å²) in [6.45, 7) is 1.17. The molecule has 2 N–H and O–H groups in total. The highest BCUT2D eigenvalue weighted by Crippen LogP contribution is 2.35. The number of aromatic nitrogens is 1. The van der Waals surface area contributed by atoms with Gasteiger partial charge in [-0.1, -0.05) is 12.1 Å². The standard InChI is InChI=1S/C17H15FN4O4/c1-10(24)26-17(12-5-3-4-6-13(12)18)20-8-11-7-14(19-9-23)16(25)22(2)15(11)21-17/h3-9,21H,1-2H3,(H,19,23)/t17-/m1/s1. The van der Waals surface area contributed by atoms with Gasteiger partial charge >= 0.3 is 11.8 Å². The molecular formula is C17H15FN4O4. The van der Waals surface area contributed by atoms with Crippen molar-refractivity contribution in [2.45, 2.75) is 12.8 Å². The van der Waals surface area contributed by atoms with Crippen molar-refractivity contribution in [2.75, 3.05) is 10.6 Å². The molecule has 1 amide bonds. The van der Waals surface area contributed by atoms with Gasteiger partial charge in [0.1, 0.15) is 17.3 Å². The van der Waals surface area contributed by atoms with Crippen LogP contribution in [0.15, 0.2) is 40.1 Å². The van der Waals surface area contributed by atoms with Crippen LogP contribution in [0.5, 0.6) is 0 Å². The third-order valence-corrected chi connectivity index (χ3v) is 3.86. The summed E-state index contributed by atoms with van der Waals surface area (Å²) in [5, 5.41) is 5.16. The predicted molar refractivity (Wildman–Crippen MR) is 92.4 cm³/mol. The molecule has 1 aromatic carbocycles. The predicted octanol–water partition coefficient (Wildman–Crippen LogP) is 1.31. The van der Waals surface area contributed by atoms with E-state index >= 15 is 0 Å². The molecule has 9 heteroatoms. The Kier molecular flexibility index (Phi) is 4.29. The molecular weight excluding hydrogens is 343 g/mol. The number of halogens is 1. The number of pyridine rings is 1. The second kappa shape index (κ2) is 6.43. The molecule has 1 aromatic heterocycles. The fourth-order valence-corrected chi connectivity index (χ4v) is 2.72. The number of benzene rings is 1. The Morgan fingerprint density at radius 1 is 1.42 bits per heavy atom. The minimum Gasteiger partial charge on any atom is -0.414 e. The number of aliphatic imine (C=N–C) groups is 1. The van der Waals surface area contributed by atoms with Gasteiger partial charge in [-0.05, 0) is 18.2 Å². The number of hydrogen-bond donors (Lipinski definition) is 2. The Hall–Kier alpha value is -3.49. The zero-order chi connectivity index (χ0) is 18.9. The first-order chi connectivity index (χ1) is 12.4. The Balaban J connectivity index is 2.19. The Morgan fingerprint density at radius 2 is 2.15 bits per heavy atom. The average Bonchev–Trinajstić information content (AvgIpc) is 2.60. The number of nitrogens with one attached hydrogen (secondary N) is 2. The van der Waals surface area contributed by atoms with Crippen LogP contribution in [0.3, 0.4) is 0 Å². The van der Waals surface area contributed by atoms with Crippen LogP contribution in [-0.4, -0.2) is 23.2 Å². The molecule has 0 saturated carbocycles. The highest BCUT2D eigenvalue weighted by Gasteiger charge is 2.41. The van der Waals surface area contributed by atoms with Gasteiger partial charge in [0.25, 0.3) is 5.56 Å². The van der Waals surface area contributed by atoms with Gasteiger partial charge in [0.05, 0.1) is 5.56 Å². The number of fused-ring (bicyclic) bond motifs is 1. The summed E-state index contributed by atoms with van der Waals surface area (Å²) >= 11 is 0. The van der Waals surface area contributed by atoms with Gasteiger partial charge in [-0.15, -0.1) is 0 Å². The summed E-state index contributed by atoms with van der Waals surface area (Å²) in [4.78, 5) is 38.8. The summed E-state index contributed by atoms with van der Waals surface area (Å²) in [6, 6.07) is 7.12. The number of esters is 1. The van der Waals surface area contributed by atoms with E-state index in [1.807, 2.05) is 0 Å². The topological polar surface area (TPSA) is 102 Å². The molecule has 134 valence electrons. The van der Waals surface area contributed by atoms with Crippen LogP contribution in [0.25, 0.3) is 0 Å². The van der Waals surface area contributed by atoms with E-state index in [2.05, 4.69) is 15.6 Å². The number of rotatable bonds is 4. The van der Waals surface area contributed by atoms with Crippen LogP contribution in [0, 0.1) is 5.82 Å². The largest absolute Gasteiger partial charge is 0.414 e. The summed E-state index contributed by atoms with van der Waals surface area (Å²) in [5.74, 6) is -2.92. The van der Waals surface area contributed by atoms with Crippen molar-refractivity contribution in [3.05, 3.63) is 57.6 Å². The molecule has 26 heavy (non-hydrogen) atoms. The lowest BCUT2D eigenvalue weighted by Crippen LogP contribution is -2.43. The molecule has 1 aliphatic rings. The molecule has 0 bridgehead atoms. The van der Waals surface area contributed by atoms with Crippen LogP contribution >= 0.6 is 0 Å². The third-order valence-electron chi connectivity index (χ3n) is 3.86. The van der Waals surface area contributed by atoms with Crippen LogP contribution in [0.1, 0.15) is 18.1 Å². The Morgan fingerprint density at radius 3 is 2.81 bits per heavy atom. The molecule has 0 saturated heterocycles. The Labute approximate surface area is 147 Å². The first-order valence-corrected chi connectivity index (χ1v) is 7.60. The van der Waals surface area contributed by atoms with Gasteiger partial charge in [0.15, 0.2) is 0 Å². The highest BCUT2D eigenvalue weighted by atomic mass is 19.1. The van der Waals surface area contributed by atoms with E-state index in [-0.39, 0.29) is 17.1 Å². The molecule has 3 rings (SSSR count). The van der Waals surface area contributed by atoms with Crippen molar-refractivity contribution in [2.24, 2.45) is 12.0 Å². The lowest BCUT2D eigenvalue weighted by Gasteiger charge is -2.35. The van der Waals surface area contributed by atoms with E-state index < -0.39 is 23.2 Å². The summed E-state index contributed by atoms with van der Waals surface area (Å²) in [7, 11) is 1.46. The van der Waals surface area contributed by atoms with Crippen molar-refractivity contribution in [3.8, 4) is 0 Å². The maximum absolute atomic E-state index is 14.4. The van der Waals surface area contributed by atoms with Crippen molar-refractivity contribution in [3.63, 3.8) is 0 Å². The first-order valence-electron chi connectivity index (χ1n) is 7.60. The molecule has 8 nitrogen and oxygen atoms in total. The van der Waals surface area contributed by atoms with E-state index in [1.165, 1.54) is 49.0 Å². The van der Waals surface area contributed by atoms with Crippen LogP contribution in [0.2, 0.25) is 0 Å². The SMILES string of the molecule is CC(=O)O[C@]1(c2ccccc2F)N=Cc2cc(NC=O)c(=O)n(C)c2N1. The monoisotopic (exact) mass is 358 g/mol. The van der Waals surface area contributed by atoms with Gasteiger partial charge in [-0.25, -0.2) is 9.38 Å². The molecule has 0 fully saturated rings. The second-order valence-electron chi connectivity index (χ2n) is 5.59. The van der Waals surface area contributed by atoms with Crippen LogP contribution in [-0.2, 0) is 27.2 Å². The molecule has 1 aliphatic heterocycles. The van der Waals surface area contributed by atoms with E-state index in [0.29, 0.717) is 12.0 Å². The van der Waals surface area contributed by atoms with E-state index in [4.69, 9.17) is 4.74 Å². The molecule has 0 aliphatic carbocycles. The van der Waals surface area contributed by atoms with Crippen molar-refractivity contribution >= 4 is 30.1 Å². The van der Waals surface area contributed by atoms with Crippen molar-refractivity contribution < 1.29 is 18.7 Å². The lowest BCUT2D eigenvalue weighted by molar-refractivity contribution is -0.154. The van der Waals surface area contributed by atoms with Gasteiger partial charge in [-0.2, -0.15) is 0 Å². The number of anilines is 2. The maximum atomic E-state index is 14.4. The number of amides is 1. The van der Waals surface area contributed by atoms with Gasteiger partial charge < -0.3 is 15.4 Å². The molecule has 0 radical (unpaired) electrons. The summed E-state index contributed by atoms with van der Waals surface area (Å²) in [6.07, 6.45) is 1.73. The molecule has 0 unspecified atom stereocenters. The quantitative estimate of drug-likeness (QED) is 0.634. The zero-order valence-electron chi connectivity index (χ0n) is 13.9. The Bertz CT molecular complexity index is 985. The zero-order valence-corrected chi connectivity index (χ0v) is 13.9. The number of carbonyl (C=O) groups excluding carboxylic acids is 2. The van der Waals surface area contributed by atoms with E-state index in [1.54, 1.807) is 6.07 Å². The average molecular weight is 358 g/mol. The minimum atomic E-state index is -1.85. The number of nitrogens with zero attached hydrogens (tertiary/aromatic N) is 2. The number of ether oxygens (including phenoxy) is 1. The fourth-order valence-electron chi connectivity index (χ4n) is 2.72. The first kappa shape index (κ1) is 17.3. The minimum absolute atomic E-state index is 0.0142. The summed E-state index contributed by atoms with van der Waals surface area (Å²) < 4.78 is 20.9. The van der Waals surface area contributed by atoms with Gasteiger partial charge in [0.2, 0.25) is 6.41 Å². The van der Waals surface area contributed by atoms with Gasteiger partial charge in [-0.3, -0.25) is 19.0 Å². The summed E-state index contributed by atoms with van der Waals surface area (Å²) in [5.41, 5.74) is -0.000468. The maximum Gasteiger partial charge on any atom is 0.313 e. The molecule has 2 heterocycles.